The molecule has 0 saturated heterocycles. The number of ketones is 1. The molecule has 2 rings (SSSR count). The summed E-state index contributed by atoms with van der Waals surface area (Å²) in [6.45, 7) is 1.67. The molecular weight excluding hydrogens is 248 g/mol. The predicted octanol–water partition coefficient (Wildman–Crippen LogP) is 3.15. The van der Waals surface area contributed by atoms with Crippen molar-refractivity contribution in [1.29, 1.82) is 0 Å². The highest BCUT2D eigenvalue weighted by Crippen LogP contribution is 2.29. The van der Waals surface area contributed by atoms with Crippen LogP contribution in [-0.2, 0) is 20.1 Å². The SMILES string of the molecule is CC(=O)C1CCC(OS(=O)C2CCCCC2)CC1. The van der Waals surface area contributed by atoms with Crippen LogP contribution in [-0.4, -0.2) is 21.3 Å². The lowest BCUT2D eigenvalue weighted by Gasteiger charge is -2.28. The van der Waals surface area contributed by atoms with E-state index in [4.69, 9.17) is 4.18 Å². The maximum atomic E-state index is 12.1. The Morgan fingerprint density at radius 3 is 2.17 bits per heavy atom. The lowest BCUT2D eigenvalue weighted by atomic mass is 9.85. The fourth-order valence-electron chi connectivity index (χ4n) is 3.04. The first-order chi connectivity index (χ1) is 8.66. The molecule has 0 spiro atoms. The maximum absolute atomic E-state index is 12.1. The van der Waals surface area contributed by atoms with Crippen LogP contribution in [0.15, 0.2) is 0 Å². The van der Waals surface area contributed by atoms with Crippen LogP contribution in [0.3, 0.4) is 0 Å². The van der Waals surface area contributed by atoms with Crippen LogP contribution in [0.2, 0.25) is 0 Å². The summed E-state index contributed by atoms with van der Waals surface area (Å²) in [5, 5.41) is 0.254. The van der Waals surface area contributed by atoms with E-state index in [0.29, 0.717) is 5.78 Å². The molecule has 0 aliphatic heterocycles. The second-order valence-electron chi connectivity index (χ2n) is 5.70. The first kappa shape index (κ1) is 14.2. The Morgan fingerprint density at radius 1 is 1.00 bits per heavy atom. The van der Waals surface area contributed by atoms with E-state index >= 15 is 0 Å². The minimum Gasteiger partial charge on any atom is -0.300 e. The van der Waals surface area contributed by atoms with Gasteiger partial charge in [-0.3, -0.25) is 8.98 Å². The molecule has 0 bridgehead atoms. The highest BCUT2D eigenvalue weighted by Gasteiger charge is 2.28. The van der Waals surface area contributed by atoms with Crippen LogP contribution in [0, 0.1) is 5.92 Å². The summed E-state index contributed by atoms with van der Waals surface area (Å²) in [4.78, 5) is 11.3. The van der Waals surface area contributed by atoms with Gasteiger partial charge in [-0.25, -0.2) is 4.21 Å². The Hall–Kier alpha value is -0.220. The Bertz CT molecular complexity index is 302. The number of carbonyl (C=O) groups is 1. The average molecular weight is 272 g/mol. The van der Waals surface area contributed by atoms with E-state index in [-0.39, 0.29) is 17.3 Å². The van der Waals surface area contributed by atoms with Gasteiger partial charge >= 0.3 is 0 Å². The zero-order chi connectivity index (χ0) is 13.0. The molecule has 2 aliphatic carbocycles. The summed E-state index contributed by atoms with van der Waals surface area (Å²) in [5.74, 6) is 0.509. The second kappa shape index (κ2) is 6.80. The molecule has 104 valence electrons. The van der Waals surface area contributed by atoms with E-state index < -0.39 is 11.1 Å². The van der Waals surface area contributed by atoms with Crippen LogP contribution in [0.25, 0.3) is 0 Å². The molecule has 0 N–H and O–H groups in total. The van der Waals surface area contributed by atoms with Crippen molar-refractivity contribution < 1.29 is 13.2 Å². The Labute approximate surface area is 112 Å². The van der Waals surface area contributed by atoms with Crippen LogP contribution in [0.4, 0.5) is 0 Å². The smallest absolute Gasteiger partial charge is 0.158 e. The van der Waals surface area contributed by atoms with Crippen molar-refractivity contribution in [2.45, 2.75) is 76.1 Å². The van der Waals surface area contributed by atoms with Crippen molar-refractivity contribution in [2.75, 3.05) is 0 Å². The lowest BCUT2D eigenvalue weighted by Crippen LogP contribution is -2.29. The molecule has 0 radical (unpaired) electrons. The van der Waals surface area contributed by atoms with Gasteiger partial charge in [0.15, 0.2) is 11.1 Å². The lowest BCUT2D eigenvalue weighted by molar-refractivity contribution is -0.122. The molecule has 0 heterocycles. The zero-order valence-electron chi connectivity index (χ0n) is 11.2. The minimum atomic E-state index is -1.11. The highest BCUT2D eigenvalue weighted by molar-refractivity contribution is 7.80. The molecule has 1 atom stereocenters. The van der Waals surface area contributed by atoms with E-state index in [2.05, 4.69) is 0 Å². The summed E-state index contributed by atoms with van der Waals surface area (Å²) in [6.07, 6.45) is 9.47. The predicted molar refractivity (Wildman–Crippen MR) is 72.5 cm³/mol. The molecule has 2 saturated carbocycles. The molecular formula is C14H24O3S. The topological polar surface area (TPSA) is 43.4 Å². The van der Waals surface area contributed by atoms with Crippen molar-refractivity contribution in [3.05, 3.63) is 0 Å². The van der Waals surface area contributed by atoms with Crippen molar-refractivity contribution in [3.8, 4) is 0 Å². The molecule has 2 aliphatic rings. The van der Waals surface area contributed by atoms with Gasteiger partial charge < -0.3 is 0 Å². The average Bonchev–Trinajstić information content (AvgIpc) is 2.40. The molecule has 2 fully saturated rings. The van der Waals surface area contributed by atoms with E-state index in [9.17, 15) is 9.00 Å². The molecule has 0 aromatic carbocycles. The van der Waals surface area contributed by atoms with Crippen LogP contribution >= 0.6 is 0 Å². The third kappa shape index (κ3) is 3.89. The molecule has 18 heavy (non-hydrogen) atoms. The van der Waals surface area contributed by atoms with Gasteiger partial charge in [0.25, 0.3) is 0 Å². The first-order valence-electron chi connectivity index (χ1n) is 7.25. The van der Waals surface area contributed by atoms with Gasteiger partial charge in [0.2, 0.25) is 0 Å². The van der Waals surface area contributed by atoms with Gasteiger partial charge in [0.1, 0.15) is 5.78 Å². The van der Waals surface area contributed by atoms with E-state index in [0.717, 1.165) is 38.5 Å². The first-order valence-corrected chi connectivity index (χ1v) is 8.39. The zero-order valence-corrected chi connectivity index (χ0v) is 12.0. The number of hydrogen-bond acceptors (Lipinski definition) is 3. The van der Waals surface area contributed by atoms with Crippen molar-refractivity contribution in [3.63, 3.8) is 0 Å². The van der Waals surface area contributed by atoms with Gasteiger partial charge in [-0.05, 0) is 45.4 Å². The minimum absolute atomic E-state index is 0.114. The van der Waals surface area contributed by atoms with Crippen LogP contribution in [0.5, 0.6) is 0 Å². The highest BCUT2D eigenvalue weighted by atomic mass is 32.2. The number of rotatable bonds is 4. The molecule has 1 unspecified atom stereocenters. The third-order valence-electron chi connectivity index (χ3n) is 4.30. The van der Waals surface area contributed by atoms with Gasteiger partial charge in [-0.15, -0.1) is 0 Å². The molecule has 0 amide bonds. The van der Waals surface area contributed by atoms with E-state index in [1.54, 1.807) is 6.92 Å². The van der Waals surface area contributed by atoms with Crippen molar-refractivity contribution in [2.24, 2.45) is 5.92 Å². The standard InChI is InChI=1S/C14H24O3S/c1-11(15)12-7-9-13(10-8-12)17-18(16)14-5-3-2-4-6-14/h12-14H,2-10H2,1H3. The summed E-state index contributed by atoms with van der Waals surface area (Å²) in [7, 11) is 0. The summed E-state index contributed by atoms with van der Waals surface area (Å²) in [6, 6.07) is 0. The summed E-state index contributed by atoms with van der Waals surface area (Å²) >= 11 is -1.11. The van der Waals surface area contributed by atoms with Crippen molar-refractivity contribution in [1.82, 2.24) is 0 Å². The van der Waals surface area contributed by atoms with Gasteiger partial charge in [0.05, 0.1) is 11.4 Å². The second-order valence-corrected chi connectivity index (χ2v) is 7.08. The Kier molecular flexibility index (Phi) is 5.37. The fraction of sp³-hybridized carbons (Fsp3) is 0.929. The van der Waals surface area contributed by atoms with Gasteiger partial charge in [-0.1, -0.05) is 19.3 Å². The number of Topliss-reactive ketones (excluding diaryl/α,β-unsaturated/α-hetero) is 1. The monoisotopic (exact) mass is 272 g/mol. The molecule has 3 nitrogen and oxygen atoms in total. The largest absolute Gasteiger partial charge is 0.300 e. The van der Waals surface area contributed by atoms with Gasteiger partial charge in [0, 0.05) is 5.92 Å². The quantitative estimate of drug-likeness (QED) is 0.789. The molecule has 4 heteroatoms. The number of hydrogen-bond donors (Lipinski definition) is 0. The normalized spacial score (nSPS) is 32.1. The summed E-state index contributed by atoms with van der Waals surface area (Å²) < 4.78 is 17.8. The van der Waals surface area contributed by atoms with E-state index in [1.165, 1.54) is 19.3 Å². The van der Waals surface area contributed by atoms with Crippen LogP contribution in [0.1, 0.15) is 64.7 Å². The Morgan fingerprint density at radius 2 is 1.61 bits per heavy atom. The fourth-order valence-corrected chi connectivity index (χ4v) is 4.37. The summed E-state index contributed by atoms with van der Waals surface area (Å²) in [5.41, 5.74) is 0. The number of carbonyl (C=O) groups excluding carboxylic acids is 1. The third-order valence-corrected chi connectivity index (χ3v) is 5.78. The molecule has 0 aromatic rings. The van der Waals surface area contributed by atoms with E-state index in [1.807, 2.05) is 0 Å². The molecule has 0 aromatic heterocycles. The van der Waals surface area contributed by atoms with Crippen molar-refractivity contribution >= 4 is 16.9 Å². The Balaban J connectivity index is 1.73. The van der Waals surface area contributed by atoms with Gasteiger partial charge in [-0.2, -0.15) is 0 Å². The van der Waals surface area contributed by atoms with Crippen LogP contribution < -0.4 is 0 Å². The maximum Gasteiger partial charge on any atom is 0.158 e.